The van der Waals surface area contributed by atoms with Gasteiger partial charge < -0.3 is 14.4 Å². The van der Waals surface area contributed by atoms with Crippen LogP contribution in [-0.4, -0.2) is 56.1 Å². The van der Waals surface area contributed by atoms with E-state index in [1.165, 1.54) is 0 Å². The molecular weight excluding hydrogens is 352 g/mol. The first-order valence-electron chi connectivity index (χ1n) is 8.57. The smallest absolute Gasteiger partial charge is 0.260 e. The second kappa shape index (κ2) is 8.43. The first-order chi connectivity index (χ1) is 12.6. The lowest BCUT2D eigenvalue weighted by Crippen LogP contribution is -2.50. The van der Waals surface area contributed by atoms with E-state index in [1.54, 1.807) is 31.4 Å². The Hall–Kier alpha value is -2.24. The van der Waals surface area contributed by atoms with Crippen LogP contribution in [0.3, 0.4) is 0 Å². The molecular formula is C20H23ClN2O3. The summed E-state index contributed by atoms with van der Waals surface area (Å²) in [7, 11) is 3.74. The van der Waals surface area contributed by atoms with Crippen molar-refractivity contribution in [2.45, 2.75) is 6.04 Å². The molecule has 0 saturated carbocycles. The van der Waals surface area contributed by atoms with Crippen LogP contribution >= 0.6 is 11.6 Å². The van der Waals surface area contributed by atoms with E-state index in [0.29, 0.717) is 23.9 Å². The number of ether oxygens (including phenoxy) is 2. The monoisotopic (exact) mass is 374 g/mol. The fourth-order valence-electron chi connectivity index (χ4n) is 3.08. The zero-order valence-electron chi connectivity index (χ0n) is 15.0. The number of amides is 1. The molecule has 2 aromatic carbocycles. The number of likely N-dealkylation sites (N-methyl/N-ethyl adjacent to an activating group) is 1. The van der Waals surface area contributed by atoms with Gasteiger partial charge in [-0.15, -0.1) is 0 Å². The number of piperazine rings is 1. The molecule has 0 radical (unpaired) electrons. The molecule has 2 aromatic rings. The number of halogens is 1. The highest BCUT2D eigenvalue weighted by molar-refractivity contribution is 6.30. The Morgan fingerprint density at radius 1 is 1.15 bits per heavy atom. The zero-order valence-corrected chi connectivity index (χ0v) is 15.8. The highest BCUT2D eigenvalue weighted by Gasteiger charge is 2.28. The van der Waals surface area contributed by atoms with Gasteiger partial charge in [0.2, 0.25) is 0 Å². The summed E-state index contributed by atoms with van der Waals surface area (Å²) in [6.45, 7) is 2.16. The second-order valence-corrected chi connectivity index (χ2v) is 6.79. The number of nitrogens with zero attached hydrogens (tertiary/aromatic N) is 2. The summed E-state index contributed by atoms with van der Waals surface area (Å²) in [6, 6.07) is 15.2. The van der Waals surface area contributed by atoms with Crippen molar-refractivity contribution in [3.05, 3.63) is 59.1 Å². The molecule has 6 heteroatoms. The van der Waals surface area contributed by atoms with E-state index in [4.69, 9.17) is 21.1 Å². The summed E-state index contributed by atoms with van der Waals surface area (Å²) in [5, 5.41) is 0.642. The number of carbonyl (C=O) groups excluding carboxylic acids is 1. The van der Waals surface area contributed by atoms with Gasteiger partial charge in [0.15, 0.2) is 6.61 Å². The summed E-state index contributed by atoms with van der Waals surface area (Å²) in [6.07, 6.45) is 0. The van der Waals surface area contributed by atoms with Gasteiger partial charge in [0, 0.05) is 24.7 Å². The Morgan fingerprint density at radius 2 is 1.92 bits per heavy atom. The van der Waals surface area contributed by atoms with Gasteiger partial charge in [-0.3, -0.25) is 9.69 Å². The highest BCUT2D eigenvalue weighted by Crippen LogP contribution is 2.27. The molecule has 3 rings (SSSR count). The van der Waals surface area contributed by atoms with Crippen LogP contribution in [-0.2, 0) is 4.79 Å². The maximum absolute atomic E-state index is 12.6. The van der Waals surface area contributed by atoms with Gasteiger partial charge in [-0.2, -0.15) is 0 Å². The molecule has 0 bridgehead atoms. The summed E-state index contributed by atoms with van der Waals surface area (Å²) in [4.78, 5) is 16.7. The van der Waals surface area contributed by atoms with E-state index >= 15 is 0 Å². The number of benzene rings is 2. The minimum Gasteiger partial charge on any atom is -0.497 e. The fraction of sp³-hybridized carbons (Fsp3) is 0.350. The lowest BCUT2D eigenvalue weighted by Gasteiger charge is -2.39. The first-order valence-corrected chi connectivity index (χ1v) is 8.95. The van der Waals surface area contributed by atoms with Gasteiger partial charge in [0.05, 0.1) is 13.2 Å². The third kappa shape index (κ3) is 4.48. The van der Waals surface area contributed by atoms with Crippen molar-refractivity contribution in [1.29, 1.82) is 0 Å². The third-order valence-electron chi connectivity index (χ3n) is 4.66. The van der Waals surface area contributed by atoms with Crippen LogP contribution in [0.25, 0.3) is 0 Å². The maximum atomic E-state index is 12.6. The molecule has 0 spiro atoms. The quantitative estimate of drug-likeness (QED) is 0.805. The van der Waals surface area contributed by atoms with Gasteiger partial charge in [-0.05, 0) is 49.0 Å². The van der Waals surface area contributed by atoms with Crippen LogP contribution in [0, 0.1) is 0 Å². The average Bonchev–Trinajstić information content (AvgIpc) is 2.67. The van der Waals surface area contributed by atoms with Crippen LogP contribution < -0.4 is 9.47 Å². The van der Waals surface area contributed by atoms with Crippen molar-refractivity contribution in [1.82, 2.24) is 9.80 Å². The van der Waals surface area contributed by atoms with E-state index < -0.39 is 0 Å². The van der Waals surface area contributed by atoms with Crippen LogP contribution in [0.5, 0.6) is 11.5 Å². The number of hydrogen-bond acceptors (Lipinski definition) is 4. The van der Waals surface area contributed by atoms with E-state index in [2.05, 4.69) is 18.0 Å². The Kier molecular flexibility index (Phi) is 6.01. The predicted octanol–water partition coefficient (Wildman–Crippen LogP) is 3.24. The van der Waals surface area contributed by atoms with Gasteiger partial charge in [-0.1, -0.05) is 23.7 Å². The molecule has 1 amide bonds. The molecule has 1 fully saturated rings. The van der Waals surface area contributed by atoms with Crippen molar-refractivity contribution >= 4 is 17.5 Å². The third-order valence-corrected chi connectivity index (χ3v) is 4.91. The van der Waals surface area contributed by atoms with Crippen molar-refractivity contribution < 1.29 is 14.3 Å². The maximum Gasteiger partial charge on any atom is 0.260 e. The number of methoxy groups -OCH3 is 1. The van der Waals surface area contributed by atoms with E-state index in [0.717, 1.165) is 17.9 Å². The van der Waals surface area contributed by atoms with E-state index in [-0.39, 0.29) is 18.6 Å². The van der Waals surface area contributed by atoms with E-state index in [1.807, 2.05) is 23.1 Å². The van der Waals surface area contributed by atoms with Gasteiger partial charge in [-0.25, -0.2) is 0 Å². The Bertz CT molecular complexity index is 751. The van der Waals surface area contributed by atoms with Crippen molar-refractivity contribution in [2.24, 2.45) is 0 Å². The molecule has 0 aliphatic carbocycles. The summed E-state index contributed by atoms with van der Waals surface area (Å²) >= 11 is 5.86. The van der Waals surface area contributed by atoms with Crippen LogP contribution in [0.15, 0.2) is 48.5 Å². The fourth-order valence-corrected chi connectivity index (χ4v) is 3.20. The molecule has 1 aliphatic heterocycles. The van der Waals surface area contributed by atoms with Crippen molar-refractivity contribution in [2.75, 3.05) is 40.4 Å². The Balaban J connectivity index is 1.63. The van der Waals surface area contributed by atoms with Gasteiger partial charge in [0.1, 0.15) is 11.5 Å². The minimum atomic E-state index is -0.0130. The van der Waals surface area contributed by atoms with E-state index in [9.17, 15) is 4.79 Å². The minimum absolute atomic E-state index is 0.0130. The SMILES string of the molecule is COc1cccc(C2CN(C(=O)COc3ccc(Cl)cc3)CCN2C)c1. The zero-order chi connectivity index (χ0) is 18.5. The lowest BCUT2D eigenvalue weighted by molar-refractivity contribution is -0.136. The molecule has 1 saturated heterocycles. The number of hydrogen-bond donors (Lipinski definition) is 0. The van der Waals surface area contributed by atoms with Crippen molar-refractivity contribution in [3.63, 3.8) is 0 Å². The molecule has 1 atom stereocenters. The lowest BCUT2D eigenvalue weighted by atomic mass is 10.0. The molecule has 1 aliphatic rings. The first kappa shape index (κ1) is 18.5. The molecule has 0 N–H and O–H groups in total. The molecule has 138 valence electrons. The largest absolute Gasteiger partial charge is 0.497 e. The standard InChI is InChI=1S/C20H23ClN2O3/c1-22-10-11-23(13-19(22)15-4-3-5-18(12-15)25-2)20(24)14-26-17-8-6-16(21)7-9-17/h3-9,12,19H,10-11,13-14H2,1-2H3. The van der Waals surface area contributed by atoms with Crippen LogP contribution in [0.4, 0.5) is 0 Å². The van der Waals surface area contributed by atoms with Gasteiger partial charge >= 0.3 is 0 Å². The summed E-state index contributed by atoms with van der Waals surface area (Å²) in [5.74, 6) is 1.45. The summed E-state index contributed by atoms with van der Waals surface area (Å²) in [5.41, 5.74) is 1.14. The average molecular weight is 375 g/mol. The molecule has 1 unspecified atom stereocenters. The summed E-state index contributed by atoms with van der Waals surface area (Å²) < 4.78 is 10.9. The van der Waals surface area contributed by atoms with Crippen LogP contribution in [0.2, 0.25) is 5.02 Å². The molecule has 1 heterocycles. The van der Waals surface area contributed by atoms with Crippen molar-refractivity contribution in [3.8, 4) is 11.5 Å². The predicted molar refractivity (Wildman–Crippen MR) is 102 cm³/mol. The molecule has 26 heavy (non-hydrogen) atoms. The second-order valence-electron chi connectivity index (χ2n) is 6.36. The number of carbonyl (C=O) groups is 1. The number of rotatable bonds is 5. The Labute approximate surface area is 159 Å². The Morgan fingerprint density at radius 3 is 2.65 bits per heavy atom. The molecule has 0 aromatic heterocycles. The molecule has 5 nitrogen and oxygen atoms in total. The van der Waals surface area contributed by atoms with Gasteiger partial charge in [0.25, 0.3) is 5.91 Å². The highest BCUT2D eigenvalue weighted by atomic mass is 35.5. The normalized spacial score (nSPS) is 17.8. The topological polar surface area (TPSA) is 42.0 Å². The van der Waals surface area contributed by atoms with Crippen LogP contribution in [0.1, 0.15) is 11.6 Å².